The molecule has 0 aromatic heterocycles. The van der Waals surface area contributed by atoms with Gasteiger partial charge in [0.25, 0.3) is 0 Å². The Balaban J connectivity index is 1.87. The van der Waals surface area contributed by atoms with Gasteiger partial charge in [0.15, 0.2) is 0 Å². The zero-order chi connectivity index (χ0) is 19.8. The van der Waals surface area contributed by atoms with Crippen LogP contribution in [0.1, 0.15) is 31.4 Å². The van der Waals surface area contributed by atoms with Crippen LogP contribution in [0.5, 0.6) is 0 Å². The quantitative estimate of drug-likeness (QED) is 0.362. The number of rotatable bonds is 6. The third-order valence-corrected chi connectivity index (χ3v) is 4.49. The van der Waals surface area contributed by atoms with Gasteiger partial charge in [-0.3, -0.25) is 9.59 Å². The Morgan fingerprint density at radius 3 is 1.59 bits per heavy atom. The Morgan fingerprint density at radius 2 is 1.22 bits per heavy atom. The zero-order valence-electron chi connectivity index (χ0n) is 14.8. The van der Waals surface area contributed by atoms with Crippen LogP contribution in [0.3, 0.4) is 0 Å². The van der Waals surface area contributed by atoms with Gasteiger partial charge >= 0.3 is 0 Å². The molecule has 0 bridgehead atoms. The SMILES string of the molecule is CC(=NNC(=O)CC(=O)NN=C(C)c1cccc(Br)c1)c1cccc(Br)c1. The van der Waals surface area contributed by atoms with Crippen molar-refractivity contribution >= 4 is 55.1 Å². The second-order valence-corrected chi connectivity index (χ2v) is 7.49. The van der Waals surface area contributed by atoms with Gasteiger partial charge in [0.1, 0.15) is 6.42 Å². The predicted octanol–water partition coefficient (Wildman–Crippen LogP) is 3.98. The summed E-state index contributed by atoms with van der Waals surface area (Å²) in [6.07, 6.45) is -0.371. The summed E-state index contributed by atoms with van der Waals surface area (Å²) in [7, 11) is 0. The van der Waals surface area contributed by atoms with Gasteiger partial charge in [0.05, 0.1) is 11.4 Å². The smallest absolute Gasteiger partial charge is 0.249 e. The molecule has 0 aliphatic rings. The zero-order valence-corrected chi connectivity index (χ0v) is 18.0. The first-order valence-electron chi connectivity index (χ1n) is 8.03. The number of carbonyl (C=O) groups is 2. The molecular weight excluding hydrogens is 476 g/mol. The van der Waals surface area contributed by atoms with Crippen molar-refractivity contribution in [3.63, 3.8) is 0 Å². The molecule has 140 valence electrons. The summed E-state index contributed by atoms with van der Waals surface area (Å²) < 4.78 is 1.83. The fraction of sp³-hybridized carbons (Fsp3) is 0.158. The third kappa shape index (κ3) is 7.07. The summed E-state index contributed by atoms with van der Waals surface area (Å²) in [6.45, 7) is 3.54. The first-order chi connectivity index (χ1) is 12.8. The molecule has 0 saturated heterocycles. The molecule has 0 radical (unpaired) electrons. The van der Waals surface area contributed by atoms with Crippen LogP contribution in [0.2, 0.25) is 0 Å². The highest BCUT2D eigenvalue weighted by molar-refractivity contribution is 9.10. The molecule has 0 fully saturated rings. The summed E-state index contributed by atoms with van der Waals surface area (Å²) in [5.74, 6) is -1.03. The van der Waals surface area contributed by atoms with E-state index in [9.17, 15) is 9.59 Å². The average Bonchev–Trinajstić information content (AvgIpc) is 2.64. The minimum absolute atomic E-state index is 0.371. The van der Waals surface area contributed by atoms with E-state index < -0.39 is 11.8 Å². The normalized spacial score (nSPS) is 11.9. The summed E-state index contributed by atoms with van der Waals surface area (Å²) >= 11 is 6.77. The molecule has 2 rings (SSSR count). The van der Waals surface area contributed by atoms with Crippen LogP contribution in [-0.2, 0) is 9.59 Å². The molecule has 0 unspecified atom stereocenters. The second kappa shape index (κ2) is 10.1. The lowest BCUT2D eigenvalue weighted by Crippen LogP contribution is -2.28. The molecule has 0 saturated carbocycles. The van der Waals surface area contributed by atoms with E-state index in [0.29, 0.717) is 11.4 Å². The van der Waals surface area contributed by atoms with Crippen molar-refractivity contribution in [2.45, 2.75) is 20.3 Å². The number of nitrogens with one attached hydrogen (secondary N) is 2. The third-order valence-electron chi connectivity index (χ3n) is 3.50. The summed E-state index contributed by atoms with van der Waals surface area (Å²) in [5.41, 5.74) is 7.75. The van der Waals surface area contributed by atoms with E-state index in [0.717, 1.165) is 20.1 Å². The van der Waals surface area contributed by atoms with E-state index in [2.05, 4.69) is 52.9 Å². The second-order valence-electron chi connectivity index (χ2n) is 5.66. The highest BCUT2D eigenvalue weighted by atomic mass is 79.9. The Bertz CT molecular complexity index is 837. The molecule has 0 aliphatic carbocycles. The van der Waals surface area contributed by atoms with E-state index in [1.54, 1.807) is 13.8 Å². The fourth-order valence-corrected chi connectivity index (χ4v) is 2.87. The molecule has 2 aromatic rings. The lowest BCUT2D eigenvalue weighted by Gasteiger charge is -2.04. The molecule has 0 spiro atoms. The van der Waals surface area contributed by atoms with Crippen molar-refractivity contribution in [2.24, 2.45) is 10.2 Å². The number of carbonyl (C=O) groups excluding carboxylic acids is 2. The summed E-state index contributed by atoms with van der Waals surface area (Å²) in [4.78, 5) is 23.7. The Hall–Kier alpha value is -2.32. The number of hydrogen-bond donors (Lipinski definition) is 2. The van der Waals surface area contributed by atoms with E-state index in [4.69, 9.17) is 0 Å². The standard InChI is InChI=1S/C19H18Br2N4O2/c1-12(14-5-3-7-16(20)9-14)22-24-18(26)11-19(27)25-23-13(2)15-6-4-8-17(21)10-15/h3-10H,11H2,1-2H3,(H,24,26)(H,25,27). The highest BCUT2D eigenvalue weighted by Crippen LogP contribution is 2.13. The fourth-order valence-electron chi connectivity index (χ4n) is 2.07. The minimum atomic E-state index is -0.517. The number of amides is 2. The average molecular weight is 494 g/mol. The van der Waals surface area contributed by atoms with Gasteiger partial charge in [0, 0.05) is 8.95 Å². The van der Waals surface area contributed by atoms with Crippen molar-refractivity contribution in [2.75, 3.05) is 0 Å². The molecule has 27 heavy (non-hydrogen) atoms. The molecule has 2 amide bonds. The van der Waals surface area contributed by atoms with Crippen molar-refractivity contribution in [3.8, 4) is 0 Å². The van der Waals surface area contributed by atoms with E-state index >= 15 is 0 Å². The lowest BCUT2D eigenvalue weighted by molar-refractivity contribution is -0.129. The van der Waals surface area contributed by atoms with Crippen molar-refractivity contribution in [3.05, 3.63) is 68.6 Å². The minimum Gasteiger partial charge on any atom is -0.273 e. The number of hydrazone groups is 2. The number of halogens is 2. The Kier molecular flexibility index (Phi) is 7.87. The van der Waals surface area contributed by atoms with Gasteiger partial charge in [-0.15, -0.1) is 0 Å². The van der Waals surface area contributed by atoms with Crippen LogP contribution >= 0.6 is 31.9 Å². The molecule has 2 N–H and O–H groups in total. The van der Waals surface area contributed by atoms with Crippen LogP contribution < -0.4 is 10.9 Å². The molecule has 0 atom stereocenters. The predicted molar refractivity (Wildman–Crippen MR) is 114 cm³/mol. The topological polar surface area (TPSA) is 82.9 Å². The van der Waals surface area contributed by atoms with Crippen molar-refractivity contribution in [1.82, 2.24) is 10.9 Å². The lowest BCUT2D eigenvalue weighted by atomic mass is 10.1. The maximum Gasteiger partial charge on any atom is 0.249 e. The molecule has 8 heteroatoms. The Morgan fingerprint density at radius 1 is 0.815 bits per heavy atom. The van der Waals surface area contributed by atoms with Gasteiger partial charge in [-0.25, -0.2) is 10.9 Å². The van der Waals surface area contributed by atoms with Gasteiger partial charge in [0.2, 0.25) is 11.8 Å². The molecule has 6 nitrogen and oxygen atoms in total. The first kappa shape index (κ1) is 21.0. The summed E-state index contributed by atoms with van der Waals surface area (Å²) in [5, 5.41) is 8.03. The largest absolute Gasteiger partial charge is 0.273 e. The molecular formula is C19H18Br2N4O2. The first-order valence-corrected chi connectivity index (χ1v) is 9.62. The summed E-state index contributed by atoms with van der Waals surface area (Å²) in [6, 6.07) is 15.1. The van der Waals surface area contributed by atoms with Crippen LogP contribution in [0.25, 0.3) is 0 Å². The van der Waals surface area contributed by atoms with Gasteiger partial charge in [-0.1, -0.05) is 56.1 Å². The van der Waals surface area contributed by atoms with Crippen LogP contribution in [0, 0.1) is 0 Å². The number of nitrogens with zero attached hydrogens (tertiary/aromatic N) is 2. The van der Waals surface area contributed by atoms with E-state index in [1.807, 2.05) is 48.5 Å². The van der Waals surface area contributed by atoms with Gasteiger partial charge in [-0.05, 0) is 49.2 Å². The van der Waals surface area contributed by atoms with Gasteiger partial charge in [-0.2, -0.15) is 10.2 Å². The van der Waals surface area contributed by atoms with Crippen LogP contribution in [-0.4, -0.2) is 23.2 Å². The molecule has 0 heterocycles. The van der Waals surface area contributed by atoms with E-state index in [1.165, 1.54) is 0 Å². The van der Waals surface area contributed by atoms with Crippen LogP contribution in [0.15, 0.2) is 67.7 Å². The van der Waals surface area contributed by atoms with E-state index in [-0.39, 0.29) is 6.42 Å². The van der Waals surface area contributed by atoms with Crippen molar-refractivity contribution < 1.29 is 9.59 Å². The maximum absolute atomic E-state index is 11.9. The number of benzene rings is 2. The van der Waals surface area contributed by atoms with Gasteiger partial charge < -0.3 is 0 Å². The molecule has 0 aliphatic heterocycles. The monoisotopic (exact) mass is 492 g/mol. The molecule has 2 aromatic carbocycles. The van der Waals surface area contributed by atoms with Crippen LogP contribution in [0.4, 0.5) is 0 Å². The maximum atomic E-state index is 11.9. The van der Waals surface area contributed by atoms with Crippen molar-refractivity contribution in [1.29, 1.82) is 0 Å². The number of hydrogen-bond acceptors (Lipinski definition) is 4. The highest BCUT2D eigenvalue weighted by Gasteiger charge is 2.09. The Labute approximate surface area is 174 Å².